The van der Waals surface area contributed by atoms with Crippen LogP contribution in [-0.2, 0) is 6.54 Å². The van der Waals surface area contributed by atoms with Crippen molar-refractivity contribution in [2.75, 3.05) is 6.54 Å². The van der Waals surface area contributed by atoms with Crippen LogP contribution in [0.2, 0.25) is 0 Å². The molecular formula is C10H19N3O. The van der Waals surface area contributed by atoms with E-state index in [-0.39, 0.29) is 6.54 Å². The summed E-state index contributed by atoms with van der Waals surface area (Å²) in [6.45, 7) is 7.29. The lowest BCUT2D eigenvalue weighted by molar-refractivity contribution is 0.185. The predicted molar refractivity (Wildman–Crippen MR) is 56.0 cm³/mol. The maximum absolute atomic E-state index is 9.69. The number of rotatable bonds is 4. The molecule has 0 aromatic carbocycles. The highest BCUT2D eigenvalue weighted by atomic mass is 16.3. The minimum Gasteiger partial charge on any atom is -0.387 e. The fraction of sp³-hybridized carbons (Fsp3) is 0.700. The second kappa shape index (κ2) is 4.57. The molecule has 0 amide bonds. The van der Waals surface area contributed by atoms with Crippen molar-refractivity contribution in [2.24, 2.45) is 5.73 Å². The van der Waals surface area contributed by atoms with Crippen molar-refractivity contribution < 1.29 is 5.11 Å². The van der Waals surface area contributed by atoms with Gasteiger partial charge < -0.3 is 10.8 Å². The third-order valence-electron chi connectivity index (χ3n) is 2.34. The number of nitrogens with two attached hydrogens (primary N) is 1. The zero-order valence-corrected chi connectivity index (χ0v) is 9.07. The number of hydrogen-bond acceptors (Lipinski definition) is 3. The largest absolute Gasteiger partial charge is 0.387 e. The van der Waals surface area contributed by atoms with E-state index in [0.29, 0.717) is 5.92 Å². The van der Waals surface area contributed by atoms with Crippen LogP contribution in [0.25, 0.3) is 0 Å². The number of aliphatic hydroxyl groups is 1. The molecule has 1 atom stereocenters. The Morgan fingerprint density at radius 2 is 2.21 bits per heavy atom. The summed E-state index contributed by atoms with van der Waals surface area (Å²) >= 11 is 0. The van der Waals surface area contributed by atoms with Gasteiger partial charge in [-0.2, -0.15) is 5.10 Å². The van der Waals surface area contributed by atoms with E-state index in [1.54, 1.807) is 6.20 Å². The quantitative estimate of drug-likeness (QED) is 0.757. The Kier molecular flexibility index (Phi) is 3.66. The Bertz CT molecular complexity index is 294. The minimum absolute atomic E-state index is 0.245. The first kappa shape index (κ1) is 11.2. The minimum atomic E-state index is -0.590. The number of aliphatic hydroxyl groups excluding tert-OH is 1. The van der Waals surface area contributed by atoms with Gasteiger partial charge in [-0.05, 0) is 12.8 Å². The van der Waals surface area contributed by atoms with E-state index in [9.17, 15) is 5.11 Å². The Morgan fingerprint density at radius 3 is 2.64 bits per heavy atom. The smallest absolute Gasteiger partial charge is 0.0945 e. The normalized spacial score (nSPS) is 13.6. The van der Waals surface area contributed by atoms with Crippen molar-refractivity contribution >= 4 is 0 Å². The molecule has 0 aliphatic heterocycles. The van der Waals surface area contributed by atoms with Gasteiger partial charge in [-0.3, -0.25) is 4.68 Å². The summed E-state index contributed by atoms with van der Waals surface area (Å²) in [4.78, 5) is 0. The second-order valence-corrected chi connectivity index (χ2v) is 3.71. The first-order valence-corrected chi connectivity index (χ1v) is 5.05. The van der Waals surface area contributed by atoms with Crippen LogP contribution in [0.1, 0.15) is 44.1 Å². The topological polar surface area (TPSA) is 64.1 Å². The average molecular weight is 197 g/mol. The summed E-state index contributed by atoms with van der Waals surface area (Å²) in [5.41, 5.74) is 7.39. The summed E-state index contributed by atoms with van der Waals surface area (Å²) in [6, 6.07) is 0. The number of aromatic nitrogens is 2. The van der Waals surface area contributed by atoms with Crippen molar-refractivity contribution in [3.05, 3.63) is 17.5 Å². The molecule has 4 nitrogen and oxygen atoms in total. The molecule has 4 heteroatoms. The molecule has 0 saturated carbocycles. The van der Waals surface area contributed by atoms with Gasteiger partial charge in [0.2, 0.25) is 0 Å². The molecule has 80 valence electrons. The highest BCUT2D eigenvalue weighted by Crippen LogP contribution is 2.24. The van der Waals surface area contributed by atoms with Gasteiger partial charge in [-0.15, -0.1) is 0 Å². The molecule has 0 aliphatic carbocycles. The van der Waals surface area contributed by atoms with Gasteiger partial charge in [0.25, 0.3) is 0 Å². The average Bonchev–Trinajstić information content (AvgIpc) is 2.59. The van der Waals surface area contributed by atoms with Crippen LogP contribution in [0.5, 0.6) is 0 Å². The van der Waals surface area contributed by atoms with E-state index in [4.69, 9.17) is 5.73 Å². The van der Waals surface area contributed by atoms with Crippen molar-refractivity contribution in [3.8, 4) is 0 Å². The van der Waals surface area contributed by atoms with Crippen molar-refractivity contribution in [1.82, 2.24) is 9.78 Å². The molecule has 1 aromatic rings. The summed E-state index contributed by atoms with van der Waals surface area (Å²) in [6.07, 6.45) is 1.13. The van der Waals surface area contributed by atoms with Crippen molar-refractivity contribution in [2.45, 2.75) is 39.3 Å². The van der Waals surface area contributed by atoms with E-state index in [0.717, 1.165) is 17.8 Å². The van der Waals surface area contributed by atoms with Gasteiger partial charge in [-0.25, -0.2) is 0 Å². The molecule has 1 heterocycles. The van der Waals surface area contributed by atoms with Crippen LogP contribution in [0.4, 0.5) is 0 Å². The van der Waals surface area contributed by atoms with Crippen LogP contribution in [0, 0.1) is 0 Å². The zero-order valence-electron chi connectivity index (χ0n) is 9.07. The SMILES string of the molecule is CCn1ncc(C(O)CN)c1C(C)C. The standard InChI is InChI=1S/C10H19N3O/c1-4-13-10(7(2)3)8(6-12-13)9(14)5-11/h6-7,9,14H,4-5,11H2,1-3H3. The molecular weight excluding hydrogens is 178 g/mol. The Hall–Kier alpha value is -0.870. The van der Waals surface area contributed by atoms with Crippen molar-refractivity contribution in [1.29, 1.82) is 0 Å². The predicted octanol–water partition coefficient (Wildman–Crippen LogP) is 1.02. The summed E-state index contributed by atoms with van der Waals surface area (Å²) in [7, 11) is 0. The highest BCUT2D eigenvalue weighted by Gasteiger charge is 2.18. The van der Waals surface area contributed by atoms with E-state index in [1.807, 2.05) is 11.6 Å². The summed E-state index contributed by atoms with van der Waals surface area (Å²) < 4.78 is 1.92. The maximum atomic E-state index is 9.69. The van der Waals surface area contributed by atoms with Gasteiger partial charge in [-0.1, -0.05) is 13.8 Å². The van der Waals surface area contributed by atoms with E-state index < -0.39 is 6.10 Å². The molecule has 0 saturated heterocycles. The van der Waals surface area contributed by atoms with Gasteiger partial charge in [0, 0.05) is 24.3 Å². The van der Waals surface area contributed by atoms with Gasteiger partial charge in [0.1, 0.15) is 0 Å². The molecule has 14 heavy (non-hydrogen) atoms. The second-order valence-electron chi connectivity index (χ2n) is 3.71. The fourth-order valence-corrected chi connectivity index (χ4v) is 1.68. The first-order chi connectivity index (χ1) is 6.61. The third-order valence-corrected chi connectivity index (χ3v) is 2.34. The van der Waals surface area contributed by atoms with Crippen molar-refractivity contribution in [3.63, 3.8) is 0 Å². The highest BCUT2D eigenvalue weighted by molar-refractivity contribution is 5.23. The lowest BCUT2D eigenvalue weighted by Crippen LogP contribution is -2.14. The molecule has 0 fully saturated rings. The Morgan fingerprint density at radius 1 is 1.57 bits per heavy atom. The van der Waals surface area contributed by atoms with Crippen LogP contribution in [-0.4, -0.2) is 21.4 Å². The number of aryl methyl sites for hydroxylation is 1. The van der Waals surface area contributed by atoms with E-state index in [1.165, 1.54) is 0 Å². The Labute approximate surface area is 84.7 Å². The molecule has 0 spiro atoms. The molecule has 1 rings (SSSR count). The van der Waals surface area contributed by atoms with Crippen LogP contribution >= 0.6 is 0 Å². The lowest BCUT2D eigenvalue weighted by atomic mass is 10.0. The zero-order chi connectivity index (χ0) is 10.7. The number of nitrogens with zero attached hydrogens (tertiary/aromatic N) is 2. The first-order valence-electron chi connectivity index (χ1n) is 5.05. The van der Waals surface area contributed by atoms with Crippen LogP contribution in [0.15, 0.2) is 6.20 Å². The van der Waals surface area contributed by atoms with Gasteiger partial charge >= 0.3 is 0 Å². The third kappa shape index (κ3) is 1.96. The molecule has 0 radical (unpaired) electrons. The molecule has 1 aromatic heterocycles. The van der Waals surface area contributed by atoms with Gasteiger partial charge in [0.05, 0.1) is 12.3 Å². The number of hydrogen-bond donors (Lipinski definition) is 2. The maximum Gasteiger partial charge on any atom is 0.0945 e. The summed E-state index contributed by atoms with van der Waals surface area (Å²) in [5, 5.41) is 13.9. The monoisotopic (exact) mass is 197 g/mol. The molecule has 3 N–H and O–H groups in total. The van der Waals surface area contributed by atoms with E-state index in [2.05, 4.69) is 18.9 Å². The van der Waals surface area contributed by atoms with Crippen LogP contribution < -0.4 is 5.73 Å². The van der Waals surface area contributed by atoms with E-state index >= 15 is 0 Å². The Balaban J connectivity index is 3.10. The molecule has 0 aliphatic rings. The molecule has 0 bridgehead atoms. The van der Waals surface area contributed by atoms with Gasteiger partial charge in [0.15, 0.2) is 0 Å². The van der Waals surface area contributed by atoms with Crippen LogP contribution in [0.3, 0.4) is 0 Å². The fourth-order valence-electron chi connectivity index (χ4n) is 1.68. The molecule has 1 unspecified atom stereocenters. The summed E-state index contributed by atoms with van der Waals surface area (Å²) in [5.74, 6) is 0.355. The lowest BCUT2D eigenvalue weighted by Gasteiger charge is -2.13.